The molecule has 0 aromatic carbocycles. The monoisotopic (exact) mass is 269 g/mol. The molecule has 0 aliphatic heterocycles. The molecule has 19 heavy (non-hydrogen) atoms. The molecule has 1 aliphatic rings. The molecule has 1 rings (SSSR count). The van der Waals surface area contributed by atoms with Crippen LogP contribution in [0.5, 0.6) is 0 Å². The van der Waals surface area contributed by atoms with Gasteiger partial charge in [-0.3, -0.25) is 4.99 Å². The molecule has 0 aromatic heterocycles. The standard InChI is InChI=1S/C15H31N3O/c1-3-19-12-11-17-15(16-2)18-13-14-9-7-5-4-6-8-10-14/h14H,3-13H2,1-2H3,(H2,16,17,18). The lowest BCUT2D eigenvalue weighted by Crippen LogP contribution is -2.41. The van der Waals surface area contributed by atoms with Crippen LogP contribution < -0.4 is 10.6 Å². The number of hydrogen-bond acceptors (Lipinski definition) is 2. The first-order valence-electron chi connectivity index (χ1n) is 7.89. The van der Waals surface area contributed by atoms with E-state index in [4.69, 9.17) is 4.74 Å². The van der Waals surface area contributed by atoms with Crippen molar-refractivity contribution in [2.75, 3.05) is 33.4 Å². The normalized spacial score (nSPS) is 18.7. The number of nitrogens with zero attached hydrogens (tertiary/aromatic N) is 1. The molecular formula is C15H31N3O. The zero-order chi connectivity index (χ0) is 13.8. The molecule has 0 heterocycles. The van der Waals surface area contributed by atoms with Gasteiger partial charge in [-0.25, -0.2) is 0 Å². The van der Waals surface area contributed by atoms with Crippen molar-refractivity contribution in [2.24, 2.45) is 10.9 Å². The molecule has 112 valence electrons. The van der Waals surface area contributed by atoms with Gasteiger partial charge in [0.2, 0.25) is 0 Å². The topological polar surface area (TPSA) is 45.6 Å². The molecule has 0 aromatic rings. The van der Waals surface area contributed by atoms with E-state index < -0.39 is 0 Å². The highest BCUT2D eigenvalue weighted by molar-refractivity contribution is 5.79. The minimum Gasteiger partial charge on any atom is -0.380 e. The van der Waals surface area contributed by atoms with Crippen LogP contribution in [0, 0.1) is 5.92 Å². The van der Waals surface area contributed by atoms with Crippen LogP contribution >= 0.6 is 0 Å². The van der Waals surface area contributed by atoms with Crippen molar-refractivity contribution >= 4 is 5.96 Å². The van der Waals surface area contributed by atoms with Gasteiger partial charge >= 0.3 is 0 Å². The van der Waals surface area contributed by atoms with Crippen molar-refractivity contribution in [1.29, 1.82) is 0 Å². The third-order valence-corrected chi connectivity index (χ3v) is 3.75. The number of aliphatic imine (C=N–C) groups is 1. The fourth-order valence-corrected chi connectivity index (χ4v) is 2.59. The van der Waals surface area contributed by atoms with E-state index in [1.54, 1.807) is 0 Å². The fourth-order valence-electron chi connectivity index (χ4n) is 2.59. The van der Waals surface area contributed by atoms with Gasteiger partial charge in [0.05, 0.1) is 6.61 Å². The average molecular weight is 269 g/mol. The number of nitrogens with one attached hydrogen (secondary N) is 2. The number of ether oxygens (including phenoxy) is 1. The maximum Gasteiger partial charge on any atom is 0.191 e. The Kier molecular flexibility index (Phi) is 9.51. The van der Waals surface area contributed by atoms with Crippen molar-refractivity contribution in [2.45, 2.75) is 51.9 Å². The molecule has 0 radical (unpaired) electrons. The summed E-state index contributed by atoms with van der Waals surface area (Å²) in [5.41, 5.74) is 0. The van der Waals surface area contributed by atoms with Gasteiger partial charge in [0.25, 0.3) is 0 Å². The van der Waals surface area contributed by atoms with E-state index >= 15 is 0 Å². The Hall–Kier alpha value is -0.770. The number of guanidine groups is 1. The summed E-state index contributed by atoms with van der Waals surface area (Å²) in [4.78, 5) is 4.25. The second-order valence-electron chi connectivity index (χ2n) is 5.29. The van der Waals surface area contributed by atoms with E-state index in [1.807, 2.05) is 14.0 Å². The van der Waals surface area contributed by atoms with Crippen LogP contribution in [0.1, 0.15) is 51.9 Å². The molecule has 1 fully saturated rings. The van der Waals surface area contributed by atoms with E-state index in [2.05, 4.69) is 15.6 Å². The predicted molar refractivity (Wildman–Crippen MR) is 81.7 cm³/mol. The molecule has 4 nitrogen and oxygen atoms in total. The maximum absolute atomic E-state index is 5.31. The summed E-state index contributed by atoms with van der Waals surface area (Å²) in [5.74, 6) is 1.72. The molecule has 0 saturated heterocycles. The second kappa shape index (κ2) is 11.1. The lowest BCUT2D eigenvalue weighted by molar-refractivity contribution is 0.152. The summed E-state index contributed by atoms with van der Waals surface area (Å²) < 4.78 is 5.31. The van der Waals surface area contributed by atoms with Gasteiger partial charge in [0.1, 0.15) is 0 Å². The zero-order valence-corrected chi connectivity index (χ0v) is 12.7. The van der Waals surface area contributed by atoms with Crippen LogP contribution in [-0.4, -0.2) is 39.3 Å². The Morgan fingerprint density at radius 2 is 1.79 bits per heavy atom. The maximum atomic E-state index is 5.31. The van der Waals surface area contributed by atoms with Crippen LogP contribution in [0.25, 0.3) is 0 Å². The summed E-state index contributed by atoms with van der Waals surface area (Å²) in [6, 6.07) is 0. The first kappa shape index (κ1) is 16.3. The highest BCUT2D eigenvalue weighted by atomic mass is 16.5. The molecule has 0 bridgehead atoms. The van der Waals surface area contributed by atoms with Crippen molar-refractivity contribution < 1.29 is 4.74 Å². The SMILES string of the molecule is CCOCCNC(=NC)NCC1CCCCCCC1. The Morgan fingerprint density at radius 3 is 2.42 bits per heavy atom. The van der Waals surface area contributed by atoms with Crippen LogP contribution in [-0.2, 0) is 4.74 Å². The summed E-state index contributed by atoms with van der Waals surface area (Å²) in [6.07, 6.45) is 9.77. The van der Waals surface area contributed by atoms with E-state index in [-0.39, 0.29) is 0 Å². The van der Waals surface area contributed by atoms with Gasteiger partial charge in [-0.15, -0.1) is 0 Å². The van der Waals surface area contributed by atoms with Gasteiger partial charge in [0.15, 0.2) is 5.96 Å². The second-order valence-corrected chi connectivity index (χ2v) is 5.29. The summed E-state index contributed by atoms with van der Waals surface area (Å²) in [7, 11) is 1.83. The largest absolute Gasteiger partial charge is 0.380 e. The summed E-state index contributed by atoms with van der Waals surface area (Å²) in [5, 5.41) is 6.73. The summed E-state index contributed by atoms with van der Waals surface area (Å²) >= 11 is 0. The van der Waals surface area contributed by atoms with Crippen molar-refractivity contribution in [3.8, 4) is 0 Å². The fraction of sp³-hybridized carbons (Fsp3) is 0.933. The van der Waals surface area contributed by atoms with Crippen molar-refractivity contribution in [1.82, 2.24) is 10.6 Å². The minimum absolute atomic E-state index is 0.737. The Bertz CT molecular complexity index is 236. The quantitative estimate of drug-likeness (QED) is 0.442. The van der Waals surface area contributed by atoms with Crippen LogP contribution in [0.2, 0.25) is 0 Å². The molecule has 0 spiro atoms. The van der Waals surface area contributed by atoms with Gasteiger partial charge < -0.3 is 15.4 Å². The van der Waals surface area contributed by atoms with Gasteiger partial charge in [-0.2, -0.15) is 0 Å². The van der Waals surface area contributed by atoms with Crippen molar-refractivity contribution in [3.63, 3.8) is 0 Å². The third kappa shape index (κ3) is 8.09. The first-order chi connectivity index (χ1) is 9.36. The van der Waals surface area contributed by atoms with Crippen LogP contribution in [0.4, 0.5) is 0 Å². The first-order valence-corrected chi connectivity index (χ1v) is 7.89. The van der Waals surface area contributed by atoms with Gasteiger partial charge in [-0.1, -0.05) is 32.1 Å². The smallest absolute Gasteiger partial charge is 0.191 e. The van der Waals surface area contributed by atoms with E-state index in [0.29, 0.717) is 0 Å². The summed E-state index contributed by atoms with van der Waals surface area (Å²) in [6.45, 7) is 5.39. The number of hydrogen-bond donors (Lipinski definition) is 2. The Morgan fingerprint density at radius 1 is 1.11 bits per heavy atom. The molecule has 2 N–H and O–H groups in total. The van der Waals surface area contributed by atoms with E-state index in [0.717, 1.165) is 38.2 Å². The third-order valence-electron chi connectivity index (χ3n) is 3.75. The van der Waals surface area contributed by atoms with Gasteiger partial charge in [0, 0.05) is 26.7 Å². The molecule has 4 heteroatoms. The molecular weight excluding hydrogens is 238 g/mol. The van der Waals surface area contributed by atoms with E-state index in [9.17, 15) is 0 Å². The lowest BCUT2D eigenvalue weighted by Gasteiger charge is -2.21. The molecule has 0 amide bonds. The molecule has 1 saturated carbocycles. The predicted octanol–water partition coefficient (Wildman–Crippen LogP) is 2.55. The molecule has 0 atom stereocenters. The zero-order valence-electron chi connectivity index (χ0n) is 12.7. The van der Waals surface area contributed by atoms with Gasteiger partial charge in [-0.05, 0) is 25.7 Å². The van der Waals surface area contributed by atoms with Crippen molar-refractivity contribution in [3.05, 3.63) is 0 Å². The Labute approximate surface area is 118 Å². The van der Waals surface area contributed by atoms with Crippen LogP contribution in [0.15, 0.2) is 4.99 Å². The average Bonchev–Trinajstić information content (AvgIpc) is 2.39. The highest BCUT2D eigenvalue weighted by Crippen LogP contribution is 2.21. The van der Waals surface area contributed by atoms with Crippen LogP contribution in [0.3, 0.4) is 0 Å². The number of rotatable bonds is 6. The Balaban J connectivity index is 2.16. The lowest BCUT2D eigenvalue weighted by atomic mass is 9.91. The minimum atomic E-state index is 0.737. The molecule has 0 unspecified atom stereocenters. The van der Waals surface area contributed by atoms with E-state index in [1.165, 1.54) is 44.9 Å². The molecule has 1 aliphatic carbocycles. The highest BCUT2D eigenvalue weighted by Gasteiger charge is 2.11.